The summed E-state index contributed by atoms with van der Waals surface area (Å²) in [5, 5.41) is 4.97. The van der Waals surface area contributed by atoms with Crippen molar-refractivity contribution in [2.75, 3.05) is 0 Å². The predicted molar refractivity (Wildman–Crippen MR) is 81.5 cm³/mol. The van der Waals surface area contributed by atoms with E-state index in [-0.39, 0.29) is 5.82 Å². The van der Waals surface area contributed by atoms with Crippen LogP contribution in [0.4, 0.5) is 4.39 Å². The average Bonchev–Trinajstić information content (AvgIpc) is 3.12. The zero-order chi connectivity index (χ0) is 15.0. The van der Waals surface area contributed by atoms with E-state index in [1.165, 1.54) is 23.5 Å². The van der Waals surface area contributed by atoms with E-state index in [1.54, 1.807) is 6.07 Å². The summed E-state index contributed by atoms with van der Waals surface area (Å²) in [6.07, 6.45) is 1.47. The fourth-order valence-corrected chi connectivity index (χ4v) is 3.21. The maximum atomic E-state index is 13.2. The Morgan fingerprint density at radius 3 is 2.76 bits per heavy atom. The van der Waals surface area contributed by atoms with Crippen molar-refractivity contribution < 1.29 is 8.91 Å². The molecule has 0 bridgehead atoms. The van der Waals surface area contributed by atoms with Gasteiger partial charge in [-0.05, 0) is 36.4 Å². The molecule has 0 saturated heterocycles. The predicted octanol–water partition coefficient (Wildman–Crippen LogP) is 4.06. The van der Waals surface area contributed by atoms with Crippen LogP contribution in [-0.2, 0) is 5.54 Å². The molecule has 0 unspecified atom stereocenters. The van der Waals surface area contributed by atoms with Crippen LogP contribution in [0.15, 0.2) is 28.8 Å². The molecular weight excluding hydrogens is 289 g/mol. The molecule has 0 radical (unpaired) electrons. The van der Waals surface area contributed by atoms with Gasteiger partial charge in [0.05, 0.1) is 10.4 Å². The summed E-state index contributed by atoms with van der Waals surface area (Å²) < 4.78 is 19.4. The number of hydrogen-bond acceptors (Lipinski definition) is 5. The van der Waals surface area contributed by atoms with Crippen molar-refractivity contribution in [1.29, 1.82) is 0 Å². The van der Waals surface area contributed by atoms with Crippen LogP contribution in [0.5, 0.6) is 0 Å². The maximum absolute atomic E-state index is 13.2. The summed E-state index contributed by atoms with van der Waals surface area (Å²) in [5.74, 6) is 0.703. The molecule has 0 spiro atoms. The third-order valence-corrected chi connectivity index (χ3v) is 4.91. The minimum atomic E-state index is -0.565. The van der Waals surface area contributed by atoms with Crippen LogP contribution in [0.3, 0.4) is 0 Å². The lowest BCUT2D eigenvalue weighted by Crippen LogP contribution is -2.36. The molecule has 2 aromatic heterocycles. The first-order valence-electron chi connectivity index (χ1n) is 6.88. The lowest BCUT2D eigenvalue weighted by molar-refractivity contribution is 0.350. The van der Waals surface area contributed by atoms with Gasteiger partial charge in [-0.1, -0.05) is 25.1 Å². The first-order valence-corrected chi connectivity index (χ1v) is 7.70. The van der Waals surface area contributed by atoms with E-state index in [9.17, 15) is 4.39 Å². The highest BCUT2D eigenvalue weighted by Gasteiger charge is 2.29. The molecule has 0 fully saturated rings. The van der Waals surface area contributed by atoms with Crippen molar-refractivity contribution in [2.24, 2.45) is 5.73 Å². The second kappa shape index (κ2) is 5.20. The quantitative estimate of drug-likeness (QED) is 0.789. The maximum Gasteiger partial charge on any atom is 0.268 e. The molecule has 0 amide bonds. The summed E-state index contributed by atoms with van der Waals surface area (Å²) >= 11 is 1.43. The van der Waals surface area contributed by atoms with E-state index in [4.69, 9.17) is 10.3 Å². The fourth-order valence-electron chi connectivity index (χ4n) is 2.20. The number of hydrogen-bond donors (Lipinski definition) is 1. The van der Waals surface area contributed by atoms with E-state index in [0.29, 0.717) is 11.7 Å². The van der Waals surface area contributed by atoms with Gasteiger partial charge >= 0.3 is 0 Å². The first kappa shape index (κ1) is 14.2. The monoisotopic (exact) mass is 305 g/mol. The SMILES string of the molecule is CCC(N)(CC)c1noc(-c2cc3ccc(F)cc3s2)n1. The second-order valence-electron chi connectivity index (χ2n) is 5.08. The van der Waals surface area contributed by atoms with Crippen LogP contribution in [0, 0.1) is 5.82 Å². The lowest BCUT2D eigenvalue weighted by atomic mass is 9.93. The Balaban J connectivity index is 2.01. The summed E-state index contributed by atoms with van der Waals surface area (Å²) in [6, 6.07) is 6.61. The van der Waals surface area contributed by atoms with Crippen molar-refractivity contribution in [3.8, 4) is 10.8 Å². The van der Waals surface area contributed by atoms with Gasteiger partial charge in [0.25, 0.3) is 5.89 Å². The molecule has 110 valence electrons. The second-order valence-corrected chi connectivity index (χ2v) is 6.16. The van der Waals surface area contributed by atoms with Gasteiger partial charge in [-0.2, -0.15) is 4.98 Å². The Morgan fingerprint density at radius 1 is 1.29 bits per heavy atom. The van der Waals surface area contributed by atoms with Gasteiger partial charge < -0.3 is 10.3 Å². The van der Waals surface area contributed by atoms with Gasteiger partial charge in [-0.25, -0.2) is 4.39 Å². The summed E-state index contributed by atoms with van der Waals surface area (Å²) in [7, 11) is 0. The summed E-state index contributed by atoms with van der Waals surface area (Å²) in [4.78, 5) is 5.25. The number of aromatic nitrogens is 2. The molecule has 0 aliphatic rings. The molecule has 2 N–H and O–H groups in total. The van der Waals surface area contributed by atoms with Crippen molar-refractivity contribution in [3.05, 3.63) is 35.9 Å². The number of thiophene rings is 1. The van der Waals surface area contributed by atoms with Gasteiger partial charge in [-0.15, -0.1) is 11.3 Å². The molecule has 4 nitrogen and oxygen atoms in total. The highest BCUT2D eigenvalue weighted by Crippen LogP contribution is 2.34. The third-order valence-electron chi connectivity index (χ3n) is 3.83. The summed E-state index contributed by atoms with van der Waals surface area (Å²) in [5.41, 5.74) is 5.71. The Morgan fingerprint density at radius 2 is 2.05 bits per heavy atom. The minimum Gasteiger partial charge on any atom is -0.333 e. The highest BCUT2D eigenvalue weighted by molar-refractivity contribution is 7.22. The largest absolute Gasteiger partial charge is 0.333 e. The van der Waals surface area contributed by atoms with E-state index < -0.39 is 5.54 Å². The minimum absolute atomic E-state index is 0.250. The number of nitrogens with zero attached hydrogens (tertiary/aromatic N) is 2. The van der Waals surface area contributed by atoms with E-state index in [2.05, 4.69) is 10.1 Å². The number of fused-ring (bicyclic) bond motifs is 1. The van der Waals surface area contributed by atoms with Gasteiger partial charge in [0.1, 0.15) is 5.82 Å². The zero-order valence-electron chi connectivity index (χ0n) is 11.9. The van der Waals surface area contributed by atoms with Gasteiger partial charge in [0.15, 0.2) is 5.82 Å². The van der Waals surface area contributed by atoms with Crippen molar-refractivity contribution in [2.45, 2.75) is 32.2 Å². The Kier molecular flexibility index (Phi) is 3.51. The van der Waals surface area contributed by atoms with E-state index >= 15 is 0 Å². The molecule has 3 rings (SSSR count). The van der Waals surface area contributed by atoms with Gasteiger partial charge in [0.2, 0.25) is 0 Å². The molecule has 0 aliphatic carbocycles. The van der Waals surface area contributed by atoms with E-state index in [0.717, 1.165) is 27.8 Å². The van der Waals surface area contributed by atoms with Crippen LogP contribution in [-0.4, -0.2) is 10.1 Å². The smallest absolute Gasteiger partial charge is 0.268 e. The van der Waals surface area contributed by atoms with Crippen LogP contribution in [0.25, 0.3) is 20.9 Å². The number of rotatable bonds is 4. The standard InChI is InChI=1S/C15H16FN3OS/c1-3-15(17,4-2)14-18-13(20-19-14)12-7-9-5-6-10(16)8-11(9)21-12/h5-8H,3-4,17H2,1-2H3. The van der Waals surface area contributed by atoms with Crippen LogP contribution < -0.4 is 5.73 Å². The molecule has 3 aromatic rings. The Bertz CT molecular complexity index is 776. The fraction of sp³-hybridized carbons (Fsp3) is 0.333. The topological polar surface area (TPSA) is 64.9 Å². The molecule has 0 atom stereocenters. The Labute approximate surface area is 125 Å². The molecule has 0 saturated carbocycles. The van der Waals surface area contributed by atoms with Crippen molar-refractivity contribution >= 4 is 21.4 Å². The molecule has 6 heteroatoms. The van der Waals surface area contributed by atoms with Crippen molar-refractivity contribution in [1.82, 2.24) is 10.1 Å². The van der Waals surface area contributed by atoms with Gasteiger partial charge in [0, 0.05) is 4.70 Å². The summed E-state index contributed by atoms with van der Waals surface area (Å²) in [6.45, 7) is 4.00. The van der Waals surface area contributed by atoms with Crippen LogP contribution in [0.1, 0.15) is 32.5 Å². The Hall–Kier alpha value is -1.79. The van der Waals surface area contributed by atoms with Crippen molar-refractivity contribution in [3.63, 3.8) is 0 Å². The lowest BCUT2D eigenvalue weighted by Gasteiger charge is -2.21. The third kappa shape index (κ3) is 2.45. The molecule has 21 heavy (non-hydrogen) atoms. The number of halogens is 1. The zero-order valence-corrected chi connectivity index (χ0v) is 12.7. The number of benzene rings is 1. The average molecular weight is 305 g/mol. The van der Waals surface area contributed by atoms with Crippen LogP contribution >= 0.6 is 11.3 Å². The molecule has 1 aromatic carbocycles. The molecule has 0 aliphatic heterocycles. The number of nitrogens with two attached hydrogens (primary N) is 1. The highest BCUT2D eigenvalue weighted by atomic mass is 32.1. The first-order chi connectivity index (χ1) is 10.1. The van der Waals surface area contributed by atoms with Crippen LogP contribution in [0.2, 0.25) is 0 Å². The molecule has 2 heterocycles. The molecular formula is C15H16FN3OS. The van der Waals surface area contributed by atoms with E-state index in [1.807, 2.05) is 19.9 Å². The normalized spacial score (nSPS) is 12.2. The van der Waals surface area contributed by atoms with Gasteiger partial charge in [-0.3, -0.25) is 0 Å².